The number of para-hydroxylation sites is 2. The smallest absolute Gasteiger partial charge is 0.168 e. The molecule has 0 bridgehead atoms. The summed E-state index contributed by atoms with van der Waals surface area (Å²) in [6.45, 7) is 0. The third kappa shape index (κ3) is 3.54. The van der Waals surface area contributed by atoms with Gasteiger partial charge in [0.1, 0.15) is 5.76 Å². The first-order chi connectivity index (χ1) is 13.6. The Balaban J connectivity index is 1.77. The lowest BCUT2D eigenvalue weighted by atomic mass is 9.88. The number of hydrogen-bond acceptors (Lipinski definition) is 4. The second-order valence-corrected chi connectivity index (χ2v) is 7.03. The molecule has 4 rings (SSSR count). The summed E-state index contributed by atoms with van der Waals surface area (Å²) in [4.78, 5) is 17.3. The van der Waals surface area contributed by atoms with Gasteiger partial charge in [-0.3, -0.25) is 9.79 Å². The monoisotopic (exact) mass is 370 g/mol. The number of carbonyl (C=O) groups excluding carboxylic acids is 1. The fourth-order valence-electron chi connectivity index (χ4n) is 3.72. The quantitative estimate of drug-likeness (QED) is 0.373. The maximum absolute atomic E-state index is 12.6. The number of fused-ring (bicyclic) bond motifs is 1. The zero-order valence-electron chi connectivity index (χ0n) is 15.6. The predicted octanol–water partition coefficient (Wildman–Crippen LogP) is 5.30. The van der Waals surface area contributed by atoms with Gasteiger partial charge in [-0.25, -0.2) is 0 Å². The Hall–Kier alpha value is -3.40. The Morgan fingerprint density at radius 1 is 0.964 bits per heavy atom. The summed E-state index contributed by atoms with van der Waals surface area (Å²) < 4.78 is 0. The summed E-state index contributed by atoms with van der Waals surface area (Å²) in [6.07, 6.45) is 2.11. The molecule has 0 unspecified atom stereocenters. The van der Waals surface area contributed by atoms with Crippen LogP contribution in [0.1, 0.15) is 24.8 Å². The van der Waals surface area contributed by atoms with E-state index in [9.17, 15) is 9.90 Å². The number of rotatable bonds is 3. The van der Waals surface area contributed by atoms with Crippen LogP contribution >= 0.6 is 0 Å². The molecule has 3 aromatic carbocycles. The highest BCUT2D eigenvalue weighted by molar-refractivity contribution is 6.24. The van der Waals surface area contributed by atoms with Gasteiger partial charge in [0.2, 0.25) is 0 Å². The lowest BCUT2D eigenvalue weighted by molar-refractivity contribution is -0.115. The Morgan fingerprint density at radius 2 is 1.71 bits per heavy atom. The minimum atomic E-state index is -0.0581. The van der Waals surface area contributed by atoms with Crippen LogP contribution in [0.4, 0.5) is 11.4 Å². The number of nitrogens with two attached hydrogens (primary N) is 1. The molecule has 0 spiro atoms. The Bertz CT molecular complexity index is 1110. The number of carbonyl (C=O) groups is 1. The Kier molecular flexibility index (Phi) is 4.94. The van der Waals surface area contributed by atoms with E-state index in [1.54, 1.807) is 6.07 Å². The fourth-order valence-corrected chi connectivity index (χ4v) is 3.72. The molecule has 0 aliphatic heterocycles. The van der Waals surface area contributed by atoms with E-state index in [1.165, 1.54) is 0 Å². The van der Waals surface area contributed by atoms with Crippen molar-refractivity contribution in [3.05, 3.63) is 83.6 Å². The van der Waals surface area contributed by atoms with E-state index < -0.39 is 0 Å². The standard InChI is InChI=1S/C24H22N2O2/c25-19-11-3-4-12-20(19)26-21-13-6-14-22(27)24(21)23(28)15-17-9-5-8-16-7-1-2-10-18(16)17/h1-5,7-12,28H,6,13-15,25H2/b24-23-,26-21?. The van der Waals surface area contributed by atoms with Crippen LogP contribution in [0.2, 0.25) is 0 Å². The molecular formula is C24H22N2O2. The number of anilines is 1. The van der Waals surface area contributed by atoms with Gasteiger partial charge in [0.05, 0.1) is 22.7 Å². The first-order valence-electron chi connectivity index (χ1n) is 9.48. The third-order valence-electron chi connectivity index (χ3n) is 5.10. The van der Waals surface area contributed by atoms with Gasteiger partial charge in [0.25, 0.3) is 0 Å². The molecular weight excluding hydrogens is 348 g/mol. The number of aliphatic hydroxyl groups excluding tert-OH is 1. The fraction of sp³-hybridized carbons (Fsp3) is 0.167. The van der Waals surface area contributed by atoms with E-state index in [0.717, 1.165) is 22.8 Å². The van der Waals surface area contributed by atoms with E-state index in [0.29, 0.717) is 41.9 Å². The van der Waals surface area contributed by atoms with Gasteiger partial charge in [-0.05, 0) is 41.3 Å². The van der Waals surface area contributed by atoms with Crippen LogP contribution in [-0.4, -0.2) is 16.6 Å². The number of nitrogens with zero attached hydrogens (tertiary/aromatic N) is 1. The minimum absolute atomic E-state index is 0.0581. The van der Waals surface area contributed by atoms with Crippen LogP contribution in [0.25, 0.3) is 10.8 Å². The zero-order valence-corrected chi connectivity index (χ0v) is 15.6. The largest absolute Gasteiger partial charge is 0.511 e. The molecule has 4 nitrogen and oxygen atoms in total. The van der Waals surface area contributed by atoms with E-state index in [-0.39, 0.29) is 11.5 Å². The van der Waals surface area contributed by atoms with Crippen molar-refractivity contribution in [1.82, 2.24) is 0 Å². The molecule has 1 aliphatic carbocycles. The van der Waals surface area contributed by atoms with Gasteiger partial charge in [0.15, 0.2) is 5.78 Å². The second-order valence-electron chi connectivity index (χ2n) is 7.03. The molecule has 28 heavy (non-hydrogen) atoms. The highest BCUT2D eigenvalue weighted by Gasteiger charge is 2.26. The highest BCUT2D eigenvalue weighted by atomic mass is 16.3. The van der Waals surface area contributed by atoms with Gasteiger partial charge in [-0.1, -0.05) is 54.6 Å². The average molecular weight is 370 g/mol. The van der Waals surface area contributed by atoms with Gasteiger partial charge in [-0.15, -0.1) is 0 Å². The van der Waals surface area contributed by atoms with E-state index >= 15 is 0 Å². The molecule has 0 amide bonds. The highest BCUT2D eigenvalue weighted by Crippen LogP contribution is 2.29. The molecule has 1 fully saturated rings. The van der Waals surface area contributed by atoms with Crippen molar-refractivity contribution < 1.29 is 9.90 Å². The Labute approximate surface area is 164 Å². The SMILES string of the molecule is Nc1ccccc1N=C1CCCC(=O)/C1=C(\O)Cc1cccc2ccccc12. The van der Waals surface area contributed by atoms with Gasteiger partial charge >= 0.3 is 0 Å². The topological polar surface area (TPSA) is 75.7 Å². The van der Waals surface area contributed by atoms with Crippen molar-refractivity contribution in [2.75, 3.05) is 5.73 Å². The Morgan fingerprint density at radius 3 is 2.57 bits per heavy atom. The number of nitrogen functional groups attached to an aromatic ring is 1. The van der Waals surface area contributed by atoms with Crippen molar-refractivity contribution in [3.63, 3.8) is 0 Å². The van der Waals surface area contributed by atoms with Crippen LogP contribution in [0.5, 0.6) is 0 Å². The lowest BCUT2D eigenvalue weighted by Crippen LogP contribution is -2.21. The molecule has 140 valence electrons. The number of aliphatic hydroxyl groups is 1. The molecule has 3 N–H and O–H groups in total. The molecule has 4 heteroatoms. The van der Waals surface area contributed by atoms with Crippen molar-refractivity contribution in [3.8, 4) is 0 Å². The van der Waals surface area contributed by atoms with Crippen molar-refractivity contribution in [2.24, 2.45) is 4.99 Å². The second kappa shape index (κ2) is 7.69. The number of benzene rings is 3. The molecule has 1 saturated carbocycles. The maximum Gasteiger partial charge on any atom is 0.168 e. The summed E-state index contributed by atoms with van der Waals surface area (Å²) in [5.41, 5.74) is 9.15. The van der Waals surface area contributed by atoms with Crippen LogP contribution in [0, 0.1) is 0 Å². The van der Waals surface area contributed by atoms with Crippen LogP contribution in [0.15, 0.2) is 83.1 Å². The first-order valence-corrected chi connectivity index (χ1v) is 9.48. The molecule has 0 aromatic heterocycles. The number of hydrogen-bond donors (Lipinski definition) is 2. The lowest BCUT2D eigenvalue weighted by Gasteiger charge is -2.18. The van der Waals surface area contributed by atoms with Crippen molar-refractivity contribution >= 4 is 33.6 Å². The number of aliphatic imine (C=N–C) groups is 1. The van der Waals surface area contributed by atoms with Crippen molar-refractivity contribution in [1.29, 1.82) is 0 Å². The summed E-state index contributed by atoms with van der Waals surface area (Å²) >= 11 is 0. The average Bonchev–Trinajstić information content (AvgIpc) is 2.70. The summed E-state index contributed by atoms with van der Waals surface area (Å²) in [5.74, 6) is 0.0199. The number of allylic oxidation sites excluding steroid dienone is 2. The summed E-state index contributed by atoms with van der Waals surface area (Å²) in [6, 6.07) is 21.3. The van der Waals surface area contributed by atoms with Gasteiger partial charge in [-0.2, -0.15) is 0 Å². The van der Waals surface area contributed by atoms with Gasteiger partial charge in [0, 0.05) is 12.8 Å². The predicted molar refractivity (Wildman–Crippen MR) is 114 cm³/mol. The third-order valence-corrected chi connectivity index (χ3v) is 5.10. The van der Waals surface area contributed by atoms with Crippen LogP contribution < -0.4 is 5.73 Å². The van der Waals surface area contributed by atoms with Gasteiger partial charge < -0.3 is 10.8 Å². The van der Waals surface area contributed by atoms with E-state index in [4.69, 9.17) is 5.73 Å². The molecule has 0 atom stereocenters. The first kappa shape index (κ1) is 18.0. The van der Waals surface area contributed by atoms with E-state index in [2.05, 4.69) is 4.99 Å². The number of ketones is 1. The number of Topliss-reactive ketones (excluding diaryl/α,β-unsaturated/α-hetero) is 1. The minimum Gasteiger partial charge on any atom is -0.511 e. The van der Waals surface area contributed by atoms with Crippen LogP contribution in [-0.2, 0) is 11.2 Å². The van der Waals surface area contributed by atoms with E-state index in [1.807, 2.05) is 60.7 Å². The van der Waals surface area contributed by atoms with Crippen molar-refractivity contribution in [2.45, 2.75) is 25.7 Å². The normalized spacial score (nSPS) is 17.9. The zero-order chi connectivity index (χ0) is 19.5. The molecule has 1 aliphatic rings. The molecule has 3 aromatic rings. The van der Waals surface area contributed by atoms with Crippen LogP contribution in [0.3, 0.4) is 0 Å². The molecule has 0 saturated heterocycles. The summed E-state index contributed by atoms with van der Waals surface area (Å²) in [5, 5.41) is 13.1. The summed E-state index contributed by atoms with van der Waals surface area (Å²) in [7, 11) is 0. The molecule has 0 heterocycles. The maximum atomic E-state index is 12.6. The molecule has 0 radical (unpaired) electrons.